The summed E-state index contributed by atoms with van der Waals surface area (Å²) in [6.07, 6.45) is 3.26. The van der Waals surface area contributed by atoms with Gasteiger partial charge in [0.15, 0.2) is 0 Å². The Morgan fingerprint density at radius 2 is 2.12 bits per heavy atom. The molecule has 4 nitrogen and oxygen atoms in total. The van der Waals surface area contributed by atoms with E-state index in [1.54, 1.807) is 12.3 Å². The molecule has 17 heavy (non-hydrogen) atoms. The van der Waals surface area contributed by atoms with E-state index < -0.39 is 0 Å². The van der Waals surface area contributed by atoms with Crippen LogP contribution < -0.4 is 5.32 Å². The van der Waals surface area contributed by atoms with Crippen molar-refractivity contribution >= 4 is 40.0 Å². The normalized spacial score (nSPS) is 18.0. The molecule has 3 rings (SSSR count). The summed E-state index contributed by atoms with van der Waals surface area (Å²) in [6.45, 7) is 0. The minimum absolute atomic E-state index is 0.340. The predicted octanol–water partition coefficient (Wildman–Crippen LogP) is 2.76. The Morgan fingerprint density at radius 1 is 1.24 bits per heavy atom. The van der Waals surface area contributed by atoms with E-state index in [2.05, 4.69) is 5.32 Å². The lowest BCUT2D eigenvalue weighted by molar-refractivity contribution is -0.115. The van der Waals surface area contributed by atoms with Gasteiger partial charge < -0.3 is 4.42 Å². The Morgan fingerprint density at radius 3 is 2.88 bits per heavy atom. The molecule has 1 fully saturated rings. The monoisotopic (exact) mass is 245 g/mol. The van der Waals surface area contributed by atoms with Crippen LogP contribution in [0.15, 0.2) is 39.9 Å². The largest absolute Gasteiger partial charge is 0.464 e. The van der Waals surface area contributed by atoms with Crippen LogP contribution in [0.2, 0.25) is 0 Å². The molecule has 2 aromatic rings. The van der Waals surface area contributed by atoms with Crippen molar-refractivity contribution in [3.63, 3.8) is 0 Å². The first-order valence-electron chi connectivity index (χ1n) is 4.95. The SMILES string of the molecule is O=C1NC(=O)C(=Cc2cccc3ccoc23)S1. The maximum atomic E-state index is 11.4. The van der Waals surface area contributed by atoms with E-state index in [4.69, 9.17) is 4.42 Å². The van der Waals surface area contributed by atoms with Gasteiger partial charge in [0.2, 0.25) is 0 Å². The van der Waals surface area contributed by atoms with Crippen LogP contribution in [0, 0.1) is 0 Å². The number of benzene rings is 1. The number of para-hydroxylation sites is 1. The third-order valence-electron chi connectivity index (χ3n) is 2.44. The number of furan rings is 1. The molecule has 1 saturated heterocycles. The highest BCUT2D eigenvalue weighted by molar-refractivity contribution is 8.18. The Bertz CT molecular complexity index is 657. The maximum absolute atomic E-state index is 11.4. The molecule has 0 bridgehead atoms. The van der Waals surface area contributed by atoms with Gasteiger partial charge in [-0.15, -0.1) is 0 Å². The number of nitrogens with one attached hydrogen (secondary N) is 1. The maximum Gasteiger partial charge on any atom is 0.290 e. The second kappa shape index (κ2) is 3.78. The number of rotatable bonds is 1. The van der Waals surface area contributed by atoms with Crippen LogP contribution in [-0.2, 0) is 4.79 Å². The topological polar surface area (TPSA) is 59.3 Å². The smallest absolute Gasteiger partial charge is 0.290 e. The molecular weight excluding hydrogens is 238 g/mol. The molecule has 5 heteroatoms. The van der Waals surface area contributed by atoms with Crippen molar-refractivity contribution in [1.29, 1.82) is 0 Å². The fourth-order valence-corrected chi connectivity index (χ4v) is 2.37. The fraction of sp³-hybridized carbons (Fsp3) is 0. The second-order valence-corrected chi connectivity index (χ2v) is 4.55. The first-order chi connectivity index (χ1) is 8.24. The van der Waals surface area contributed by atoms with Gasteiger partial charge in [-0.05, 0) is 23.9 Å². The minimum Gasteiger partial charge on any atom is -0.464 e. The molecule has 0 saturated carbocycles. The number of hydrogen-bond donors (Lipinski definition) is 1. The van der Waals surface area contributed by atoms with E-state index in [0.717, 1.165) is 22.7 Å². The van der Waals surface area contributed by atoms with E-state index in [1.807, 2.05) is 24.3 Å². The van der Waals surface area contributed by atoms with Gasteiger partial charge in [0.25, 0.3) is 11.1 Å². The summed E-state index contributed by atoms with van der Waals surface area (Å²) in [5, 5.41) is 2.84. The Balaban J connectivity index is 2.11. The van der Waals surface area contributed by atoms with E-state index in [1.165, 1.54) is 0 Å². The summed E-state index contributed by atoms with van der Waals surface area (Å²) >= 11 is 0.900. The number of fused-ring (bicyclic) bond motifs is 1. The molecular formula is C12H7NO3S. The molecule has 1 N–H and O–H groups in total. The molecule has 2 heterocycles. The van der Waals surface area contributed by atoms with Crippen molar-refractivity contribution in [2.45, 2.75) is 0 Å². The lowest BCUT2D eigenvalue weighted by Gasteiger charge is -1.96. The highest BCUT2D eigenvalue weighted by Crippen LogP contribution is 2.28. The van der Waals surface area contributed by atoms with E-state index >= 15 is 0 Å². The third kappa shape index (κ3) is 1.74. The van der Waals surface area contributed by atoms with Crippen LogP contribution in [0.3, 0.4) is 0 Å². The van der Waals surface area contributed by atoms with Crippen molar-refractivity contribution < 1.29 is 14.0 Å². The van der Waals surface area contributed by atoms with Gasteiger partial charge >= 0.3 is 0 Å². The molecule has 84 valence electrons. The van der Waals surface area contributed by atoms with Crippen molar-refractivity contribution in [2.24, 2.45) is 0 Å². The number of hydrogen-bond acceptors (Lipinski definition) is 4. The average Bonchev–Trinajstić information content (AvgIpc) is 2.87. The zero-order chi connectivity index (χ0) is 11.8. The molecule has 0 spiro atoms. The molecule has 0 atom stereocenters. The quantitative estimate of drug-likeness (QED) is 0.785. The molecule has 0 radical (unpaired) electrons. The van der Waals surface area contributed by atoms with Gasteiger partial charge in [-0.25, -0.2) is 0 Å². The van der Waals surface area contributed by atoms with Gasteiger partial charge in [-0.2, -0.15) is 0 Å². The molecule has 0 unspecified atom stereocenters. The van der Waals surface area contributed by atoms with E-state index in [-0.39, 0.29) is 11.1 Å². The number of amides is 2. The van der Waals surface area contributed by atoms with Crippen molar-refractivity contribution in [3.8, 4) is 0 Å². The molecule has 2 amide bonds. The van der Waals surface area contributed by atoms with Gasteiger partial charge in [-0.3, -0.25) is 14.9 Å². The van der Waals surface area contributed by atoms with Crippen LogP contribution in [0.25, 0.3) is 17.0 Å². The van der Waals surface area contributed by atoms with Gasteiger partial charge in [0, 0.05) is 10.9 Å². The summed E-state index contributed by atoms with van der Waals surface area (Å²) in [5.74, 6) is -0.358. The van der Waals surface area contributed by atoms with Gasteiger partial charge in [0.05, 0.1) is 11.2 Å². The Labute approximate surface area is 101 Å². The zero-order valence-corrected chi connectivity index (χ0v) is 9.41. The zero-order valence-electron chi connectivity index (χ0n) is 8.60. The summed E-state index contributed by atoms with van der Waals surface area (Å²) in [4.78, 5) is 22.8. The van der Waals surface area contributed by atoms with Crippen LogP contribution in [0.4, 0.5) is 4.79 Å². The number of carbonyl (C=O) groups excluding carboxylic acids is 2. The highest BCUT2D eigenvalue weighted by Gasteiger charge is 2.25. The summed E-state index contributed by atoms with van der Waals surface area (Å²) < 4.78 is 5.35. The lowest BCUT2D eigenvalue weighted by atomic mass is 10.1. The standard InChI is InChI=1S/C12H7NO3S/c14-11-9(17-12(15)13-11)6-8-3-1-2-7-4-5-16-10(7)8/h1-6H,(H,13,14,15). The highest BCUT2D eigenvalue weighted by atomic mass is 32.2. The van der Waals surface area contributed by atoms with Crippen LogP contribution >= 0.6 is 11.8 Å². The second-order valence-electron chi connectivity index (χ2n) is 3.54. The minimum atomic E-state index is -0.358. The first-order valence-corrected chi connectivity index (χ1v) is 5.77. The molecule has 1 aliphatic rings. The average molecular weight is 245 g/mol. The first kappa shape index (κ1) is 10.2. The fourth-order valence-electron chi connectivity index (χ4n) is 1.69. The Kier molecular flexibility index (Phi) is 2.26. The summed E-state index contributed by atoms with van der Waals surface area (Å²) in [6, 6.07) is 7.50. The van der Waals surface area contributed by atoms with E-state index in [9.17, 15) is 9.59 Å². The molecule has 0 aliphatic carbocycles. The van der Waals surface area contributed by atoms with Crippen LogP contribution in [0.1, 0.15) is 5.56 Å². The number of thioether (sulfide) groups is 1. The van der Waals surface area contributed by atoms with Crippen LogP contribution in [-0.4, -0.2) is 11.1 Å². The van der Waals surface area contributed by atoms with Crippen molar-refractivity contribution in [2.75, 3.05) is 0 Å². The predicted molar refractivity (Wildman–Crippen MR) is 65.3 cm³/mol. The van der Waals surface area contributed by atoms with Crippen molar-refractivity contribution in [3.05, 3.63) is 41.0 Å². The third-order valence-corrected chi connectivity index (χ3v) is 3.25. The Hall–Kier alpha value is -2.01. The van der Waals surface area contributed by atoms with E-state index in [0.29, 0.717) is 10.5 Å². The molecule has 1 aliphatic heterocycles. The summed E-state index contributed by atoms with van der Waals surface area (Å²) in [7, 11) is 0. The van der Waals surface area contributed by atoms with Gasteiger partial charge in [0.1, 0.15) is 5.58 Å². The number of carbonyl (C=O) groups is 2. The lowest BCUT2D eigenvalue weighted by Crippen LogP contribution is -2.17. The number of imide groups is 1. The van der Waals surface area contributed by atoms with Crippen LogP contribution in [0.5, 0.6) is 0 Å². The summed E-state index contributed by atoms with van der Waals surface area (Å²) in [5.41, 5.74) is 1.51. The molecule has 1 aromatic carbocycles. The molecule has 1 aromatic heterocycles. The van der Waals surface area contributed by atoms with Crippen molar-refractivity contribution in [1.82, 2.24) is 5.32 Å². The van der Waals surface area contributed by atoms with Gasteiger partial charge in [-0.1, -0.05) is 18.2 Å².